The Morgan fingerprint density at radius 1 is 0.903 bits per heavy atom. The lowest BCUT2D eigenvalue weighted by Crippen LogP contribution is -2.30. The quantitative estimate of drug-likeness (QED) is 0.429. The highest BCUT2D eigenvalue weighted by molar-refractivity contribution is 6.30. The molecule has 0 spiro atoms. The molecule has 0 radical (unpaired) electrons. The van der Waals surface area contributed by atoms with Crippen LogP contribution in [0.3, 0.4) is 0 Å². The fraction of sp³-hybridized carbons (Fsp3) is 0.0833. The Morgan fingerprint density at radius 3 is 2.23 bits per heavy atom. The Bertz CT molecular complexity index is 1130. The van der Waals surface area contributed by atoms with Gasteiger partial charge in [-0.2, -0.15) is 0 Å². The third-order valence-corrected chi connectivity index (χ3v) is 4.98. The monoisotopic (exact) mass is 436 g/mol. The maximum Gasteiger partial charge on any atom is 0.329 e. The molecule has 3 amide bonds. The molecule has 1 N–H and O–H groups in total. The summed E-state index contributed by atoms with van der Waals surface area (Å²) in [7, 11) is 0. The molecule has 0 aliphatic carbocycles. The standard InChI is InChI=1S/C24H18ClFN2O3/c25-19-7-1-17(2-8-19)14-28-23(29)22(27-24(28)30)13-16-5-11-21(12-6-16)31-15-18-3-9-20(26)10-4-18/h1-13H,14-15H2,(H,27,30). The van der Waals surface area contributed by atoms with Crippen LogP contribution >= 0.6 is 11.6 Å². The SMILES string of the molecule is O=C1NC(=Cc2ccc(OCc3ccc(F)cc3)cc2)C(=O)N1Cc1ccc(Cl)cc1. The van der Waals surface area contributed by atoms with E-state index in [0.29, 0.717) is 17.4 Å². The molecule has 1 aliphatic heterocycles. The molecule has 31 heavy (non-hydrogen) atoms. The molecule has 1 heterocycles. The summed E-state index contributed by atoms with van der Waals surface area (Å²) < 4.78 is 18.6. The third kappa shape index (κ3) is 5.10. The number of imide groups is 1. The molecule has 3 aromatic carbocycles. The van der Waals surface area contributed by atoms with E-state index in [-0.39, 0.29) is 18.1 Å². The summed E-state index contributed by atoms with van der Waals surface area (Å²) >= 11 is 5.88. The van der Waals surface area contributed by atoms with Crippen molar-refractivity contribution in [2.45, 2.75) is 13.2 Å². The lowest BCUT2D eigenvalue weighted by Gasteiger charge is -2.11. The summed E-state index contributed by atoms with van der Waals surface area (Å²) in [5.41, 5.74) is 2.61. The van der Waals surface area contributed by atoms with Crippen molar-refractivity contribution in [1.82, 2.24) is 10.2 Å². The minimum Gasteiger partial charge on any atom is -0.489 e. The second-order valence-electron chi connectivity index (χ2n) is 6.99. The number of benzene rings is 3. The highest BCUT2D eigenvalue weighted by Gasteiger charge is 2.33. The van der Waals surface area contributed by atoms with E-state index in [9.17, 15) is 14.0 Å². The number of nitrogens with zero attached hydrogens (tertiary/aromatic N) is 1. The van der Waals surface area contributed by atoms with Gasteiger partial charge in [0.25, 0.3) is 5.91 Å². The molecular formula is C24H18ClFN2O3. The molecule has 156 valence electrons. The van der Waals surface area contributed by atoms with Crippen LogP contribution < -0.4 is 10.1 Å². The molecule has 0 aromatic heterocycles. The first-order valence-corrected chi connectivity index (χ1v) is 9.92. The van der Waals surface area contributed by atoms with Crippen molar-refractivity contribution >= 4 is 29.6 Å². The second-order valence-corrected chi connectivity index (χ2v) is 7.43. The van der Waals surface area contributed by atoms with Crippen LogP contribution in [0.2, 0.25) is 5.02 Å². The molecule has 0 saturated carbocycles. The zero-order chi connectivity index (χ0) is 21.8. The minimum absolute atomic E-state index is 0.162. The summed E-state index contributed by atoms with van der Waals surface area (Å²) in [5, 5.41) is 3.20. The van der Waals surface area contributed by atoms with Crippen LogP contribution in [0.25, 0.3) is 6.08 Å². The fourth-order valence-corrected chi connectivity index (χ4v) is 3.19. The van der Waals surface area contributed by atoms with Crippen molar-refractivity contribution < 1.29 is 18.7 Å². The Kier molecular flexibility index (Phi) is 6.00. The Balaban J connectivity index is 1.39. The molecule has 5 nitrogen and oxygen atoms in total. The van der Waals surface area contributed by atoms with Gasteiger partial charge in [0.2, 0.25) is 0 Å². The van der Waals surface area contributed by atoms with Crippen molar-refractivity contribution in [2.75, 3.05) is 0 Å². The number of hydrogen-bond acceptors (Lipinski definition) is 3. The summed E-state index contributed by atoms with van der Waals surface area (Å²) in [5.74, 6) is -0.0457. The predicted molar refractivity (Wildman–Crippen MR) is 116 cm³/mol. The molecular weight excluding hydrogens is 419 g/mol. The van der Waals surface area contributed by atoms with Crippen LogP contribution in [0, 0.1) is 5.82 Å². The predicted octanol–water partition coefficient (Wildman–Crippen LogP) is 5.15. The van der Waals surface area contributed by atoms with E-state index in [1.54, 1.807) is 66.7 Å². The number of carbonyl (C=O) groups excluding carboxylic acids is 2. The van der Waals surface area contributed by atoms with Crippen LogP contribution in [-0.2, 0) is 17.9 Å². The van der Waals surface area contributed by atoms with Crippen molar-refractivity contribution in [3.05, 3.63) is 106 Å². The molecule has 0 atom stereocenters. The molecule has 0 bridgehead atoms. The number of rotatable bonds is 6. The van der Waals surface area contributed by atoms with E-state index < -0.39 is 11.9 Å². The second kappa shape index (κ2) is 9.02. The molecule has 7 heteroatoms. The Morgan fingerprint density at radius 2 is 1.55 bits per heavy atom. The average Bonchev–Trinajstić information content (AvgIpc) is 3.03. The first-order valence-electron chi connectivity index (χ1n) is 9.54. The van der Waals surface area contributed by atoms with Crippen LogP contribution in [0.15, 0.2) is 78.5 Å². The number of halogens is 2. The van der Waals surface area contributed by atoms with Crippen LogP contribution in [0.4, 0.5) is 9.18 Å². The van der Waals surface area contributed by atoms with Crippen LogP contribution in [-0.4, -0.2) is 16.8 Å². The molecule has 1 aliphatic rings. The molecule has 0 unspecified atom stereocenters. The number of amides is 3. The van der Waals surface area contributed by atoms with Gasteiger partial charge < -0.3 is 10.1 Å². The molecule has 4 rings (SSSR count). The number of nitrogens with one attached hydrogen (secondary N) is 1. The number of urea groups is 1. The van der Waals surface area contributed by atoms with E-state index in [2.05, 4.69) is 5.32 Å². The highest BCUT2D eigenvalue weighted by Crippen LogP contribution is 2.20. The zero-order valence-corrected chi connectivity index (χ0v) is 17.1. The zero-order valence-electron chi connectivity index (χ0n) is 16.3. The maximum atomic E-state index is 13.0. The highest BCUT2D eigenvalue weighted by atomic mass is 35.5. The van der Waals surface area contributed by atoms with E-state index >= 15 is 0 Å². The summed E-state index contributed by atoms with van der Waals surface area (Å²) in [6.45, 7) is 0.476. The summed E-state index contributed by atoms with van der Waals surface area (Å²) in [4.78, 5) is 26.0. The third-order valence-electron chi connectivity index (χ3n) is 4.73. The number of carbonyl (C=O) groups is 2. The number of ether oxygens (including phenoxy) is 1. The van der Waals surface area contributed by atoms with Crippen LogP contribution in [0.1, 0.15) is 16.7 Å². The summed E-state index contributed by atoms with van der Waals surface area (Å²) in [6.07, 6.45) is 1.62. The average molecular weight is 437 g/mol. The van der Waals surface area contributed by atoms with E-state index in [1.807, 2.05) is 0 Å². The van der Waals surface area contributed by atoms with Gasteiger partial charge in [-0.3, -0.25) is 9.69 Å². The fourth-order valence-electron chi connectivity index (χ4n) is 3.06. The van der Waals surface area contributed by atoms with Crippen molar-refractivity contribution in [3.63, 3.8) is 0 Å². The number of hydrogen-bond donors (Lipinski definition) is 1. The van der Waals surface area contributed by atoms with Gasteiger partial charge in [-0.05, 0) is 59.2 Å². The lowest BCUT2D eigenvalue weighted by molar-refractivity contribution is -0.123. The van der Waals surface area contributed by atoms with Gasteiger partial charge in [-0.1, -0.05) is 48.0 Å². The maximum absolute atomic E-state index is 13.0. The normalized spacial score (nSPS) is 14.8. The molecule has 3 aromatic rings. The first-order chi connectivity index (χ1) is 15.0. The smallest absolute Gasteiger partial charge is 0.329 e. The van der Waals surface area contributed by atoms with Gasteiger partial charge in [0, 0.05) is 5.02 Å². The van der Waals surface area contributed by atoms with Crippen molar-refractivity contribution in [1.29, 1.82) is 0 Å². The van der Waals surface area contributed by atoms with Gasteiger partial charge in [0.05, 0.1) is 6.54 Å². The van der Waals surface area contributed by atoms with Gasteiger partial charge in [0.1, 0.15) is 23.9 Å². The minimum atomic E-state index is -0.467. The van der Waals surface area contributed by atoms with E-state index in [4.69, 9.17) is 16.3 Å². The molecule has 1 saturated heterocycles. The first kappa shape index (κ1) is 20.6. The lowest BCUT2D eigenvalue weighted by atomic mass is 10.1. The van der Waals surface area contributed by atoms with E-state index in [1.165, 1.54) is 12.1 Å². The Hall–Kier alpha value is -3.64. The van der Waals surface area contributed by atoms with Crippen LogP contribution in [0.5, 0.6) is 5.75 Å². The van der Waals surface area contributed by atoms with Gasteiger partial charge in [-0.25, -0.2) is 9.18 Å². The molecule has 1 fully saturated rings. The van der Waals surface area contributed by atoms with Gasteiger partial charge in [0.15, 0.2) is 0 Å². The topological polar surface area (TPSA) is 58.6 Å². The Labute approximate surface area is 183 Å². The van der Waals surface area contributed by atoms with Crippen molar-refractivity contribution in [2.24, 2.45) is 0 Å². The van der Waals surface area contributed by atoms with Gasteiger partial charge >= 0.3 is 6.03 Å². The van der Waals surface area contributed by atoms with Crippen molar-refractivity contribution in [3.8, 4) is 5.75 Å². The van der Waals surface area contributed by atoms with Gasteiger partial charge in [-0.15, -0.1) is 0 Å². The van der Waals surface area contributed by atoms with E-state index in [0.717, 1.165) is 21.6 Å². The largest absolute Gasteiger partial charge is 0.489 e. The summed E-state index contributed by atoms with van der Waals surface area (Å²) in [6, 6.07) is 19.7.